The molecule has 4 nitrogen and oxygen atoms in total. The molecule has 348 valence electrons. The van der Waals surface area contributed by atoms with E-state index in [2.05, 4.69) is 185 Å². The Morgan fingerprint density at radius 1 is 0.522 bits per heavy atom. The van der Waals surface area contributed by atoms with Crippen molar-refractivity contribution in [1.82, 2.24) is 0 Å². The van der Waals surface area contributed by atoms with Crippen LogP contribution in [0, 0.1) is 0 Å². The molecule has 2 aliphatic carbocycles. The van der Waals surface area contributed by atoms with Gasteiger partial charge in [-0.2, -0.15) is 0 Å². The van der Waals surface area contributed by atoms with Crippen molar-refractivity contribution in [1.29, 1.82) is 0 Å². The largest absolute Gasteiger partial charge is 0.463 e. The minimum Gasteiger partial charge on any atom is -0.463 e. The van der Waals surface area contributed by atoms with E-state index in [4.69, 9.17) is 9.47 Å². The lowest BCUT2D eigenvalue weighted by Crippen LogP contribution is -2.26. The fraction of sp³-hybridized carbons (Fsp3) is 0.281. The number of esters is 2. The van der Waals surface area contributed by atoms with Crippen molar-refractivity contribution in [2.45, 2.75) is 102 Å². The molecule has 0 saturated heterocycles. The molecule has 0 atom stereocenters. The predicted octanol–water partition coefficient (Wildman–Crippen LogP) is 17.1. The zero-order valence-corrected chi connectivity index (χ0v) is 42.3. The van der Waals surface area contributed by atoms with Crippen LogP contribution in [0.4, 0.5) is 0 Å². The molecule has 0 unspecified atom stereocenters. The van der Waals surface area contributed by atoms with Gasteiger partial charge in [-0.1, -0.05) is 180 Å². The van der Waals surface area contributed by atoms with Gasteiger partial charge in [-0.15, -0.1) is 0 Å². The van der Waals surface area contributed by atoms with Crippen LogP contribution in [0.25, 0.3) is 76.8 Å². The second-order valence-electron chi connectivity index (χ2n) is 21.0. The number of carbonyl (C=O) groups excluding carboxylic acids is 2. The quantitative estimate of drug-likeness (QED) is 0.0419. The summed E-state index contributed by atoms with van der Waals surface area (Å²) in [5, 5.41) is 7.76. The van der Waals surface area contributed by atoms with Gasteiger partial charge < -0.3 is 9.47 Å². The van der Waals surface area contributed by atoms with E-state index < -0.39 is 0 Å². The van der Waals surface area contributed by atoms with Crippen molar-refractivity contribution in [2.24, 2.45) is 0 Å². The van der Waals surface area contributed by atoms with Crippen LogP contribution < -0.4 is 0 Å². The SMILES string of the molecule is C=CC(=O)OCCCCCC1(CCCCCOC(=O)C=C)c2cc(-c3ccc4c(c3)C(C)(C)c3cc(Br)ccc3-4)ccc2-c2ccc(-c3ccc4ccc5cc(C(C)(C)C)cc6ccc3c4c56)cc21. The molecule has 2 aliphatic rings. The average molecular weight is 974 g/mol. The maximum atomic E-state index is 11.9. The summed E-state index contributed by atoms with van der Waals surface area (Å²) in [4.78, 5) is 23.9. The standard InChI is InChI=1S/C64H61BrO4/c1-8-58(66)68-32-14-10-12-30-64(31-13-11-15-33-69-59(67)9-2)56-37-42(41-19-25-49-50-29-23-47(65)39-55(50)63(6,7)54(49)36-41)20-26-51(56)52-27-21-43(38-57(52)64)48-24-18-40-16-17-44-34-46(62(3,4)5)35-45-22-28-53(48)61(40)60(44)45/h8-9,16-29,34-39H,1-2,10-15,30-33H2,3-7H3. The Bertz CT molecular complexity index is 3290. The number of carbonyl (C=O) groups is 2. The van der Waals surface area contributed by atoms with Crippen molar-refractivity contribution in [3.63, 3.8) is 0 Å². The van der Waals surface area contributed by atoms with Crippen molar-refractivity contribution in [3.05, 3.63) is 179 Å². The van der Waals surface area contributed by atoms with E-state index in [1.54, 1.807) is 0 Å². The van der Waals surface area contributed by atoms with E-state index in [-0.39, 0.29) is 28.2 Å². The number of unbranched alkanes of at least 4 members (excludes halogenated alkanes) is 4. The highest BCUT2D eigenvalue weighted by Crippen LogP contribution is 2.57. The van der Waals surface area contributed by atoms with Crippen LogP contribution in [0.3, 0.4) is 0 Å². The molecule has 0 N–H and O–H groups in total. The maximum Gasteiger partial charge on any atom is 0.330 e. The first-order chi connectivity index (χ1) is 33.2. The summed E-state index contributed by atoms with van der Waals surface area (Å²) in [6, 6.07) is 46.9. The smallest absolute Gasteiger partial charge is 0.330 e. The van der Waals surface area contributed by atoms with Gasteiger partial charge in [0.05, 0.1) is 13.2 Å². The number of hydrogen-bond donors (Lipinski definition) is 0. The molecule has 0 amide bonds. The van der Waals surface area contributed by atoms with Crippen LogP contribution >= 0.6 is 15.9 Å². The zero-order chi connectivity index (χ0) is 48.2. The lowest BCUT2D eigenvalue weighted by atomic mass is 9.70. The second kappa shape index (κ2) is 18.2. The monoisotopic (exact) mass is 972 g/mol. The Morgan fingerprint density at radius 2 is 0.986 bits per heavy atom. The van der Waals surface area contributed by atoms with Crippen molar-refractivity contribution < 1.29 is 19.1 Å². The molecule has 0 spiro atoms. The third-order valence-electron chi connectivity index (χ3n) is 15.4. The molecule has 10 rings (SSSR count). The molecular weight excluding hydrogens is 913 g/mol. The lowest BCUT2D eigenvalue weighted by molar-refractivity contribution is -0.138. The van der Waals surface area contributed by atoms with Crippen molar-refractivity contribution in [3.8, 4) is 44.5 Å². The molecule has 0 bridgehead atoms. The van der Waals surface area contributed by atoms with Crippen LogP contribution in [0.15, 0.2) is 151 Å². The van der Waals surface area contributed by atoms with Crippen LogP contribution in [0.2, 0.25) is 0 Å². The number of fused-ring (bicyclic) bond motifs is 6. The van der Waals surface area contributed by atoms with E-state index in [0.717, 1.165) is 55.8 Å². The second-order valence-corrected chi connectivity index (χ2v) is 21.9. The van der Waals surface area contributed by atoms with E-state index in [1.807, 2.05) is 0 Å². The molecule has 0 heterocycles. The molecule has 0 fully saturated rings. The van der Waals surface area contributed by atoms with Crippen LogP contribution in [-0.2, 0) is 35.3 Å². The fourth-order valence-corrected chi connectivity index (χ4v) is 12.1. The Hall–Kier alpha value is -6.30. The first kappa shape index (κ1) is 46.4. The zero-order valence-electron chi connectivity index (χ0n) is 40.7. The Kier molecular flexibility index (Phi) is 12.3. The minimum absolute atomic E-state index is 0.0456. The number of hydrogen-bond acceptors (Lipinski definition) is 4. The third-order valence-corrected chi connectivity index (χ3v) is 15.9. The highest BCUT2D eigenvalue weighted by atomic mass is 79.9. The van der Waals surface area contributed by atoms with E-state index in [1.165, 1.54) is 117 Å². The number of rotatable bonds is 16. The summed E-state index contributed by atoms with van der Waals surface area (Å²) >= 11 is 3.74. The average Bonchev–Trinajstić information content (AvgIpc) is 3.74. The van der Waals surface area contributed by atoms with Gasteiger partial charge in [-0.3, -0.25) is 0 Å². The Labute approximate surface area is 415 Å². The van der Waals surface area contributed by atoms with E-state index in [9.17, 15) is 9.59 Å². The van der Waals surface area contributed by atoms with Crippen LogP contribution in [-0.4, -0.2) is 25.2 Å². The predicted molar refractivity (Wildman–Crippen MR) is 290 cm³/mol. The first-order valence-corrected chi connectivity index (χ1v) is 25.6. The number of halogens is 1. The molecule has 8 aromatic rings. The maximum absolute atomic E-state index is 11.9. The van der Waals surface area contributed by atoms with Gasteiger partial charge >= 0.3 is 11.9 Å². The van der Waals surface area contributed by atoms with Crippen LogP contribution in [0.1, 0.15) is 114 Å². The summed E-state index contributed by atoms with van der Waals surface area (Å²) in [6.07, 6.45) is 9.71. The fourth-order valence-electron chi connectivity index (χ4n) is 11.8. The van der Waals surface area contributed by atoms with Crippen LogP contribution in [0.5, 0.6) is 0 Å². The molecule has 8 aromatic carbocycles. The minimum atomic E-state index is -0.378. The Morgan fingerprint density at radius 3 is 1.57 bits per heavy atom. The topological polar surface area (TPSA) is 52.6 Å². The molecule has 69 heavy (non-hydrogen) atoms. The van der Waals surface area contributed by atoms with Gasteiger partial charge in [0.1, 0.15) is 0 Å². The highest BCUT2D eigenvalue weighted by Gasteiger charge is 2.43. The molecule has 0 radical (unpaired) electrons. The molecular formula is C64H61BrO4. The van der Waals surface area contributed by atoms with Gasteiger partial charge in [-0.05, 0) is 166 Å². The van der Waals surface area contributed by atoms with Gasteiger partial charge in [0.15, 0.2) is 0 Å². The normalized spacial score (nSPS) is 14.1. The van der Waals surface area contributed by atoms with E-state index in [0.29, 0.717) is 13.2 Å². The molecule has 0 aromatic heterocycles. The van der Waals surface area contributed by atoms with E-state index >= 15 is 0 Å². The van der Waals surface area contributed by atoms with Gasteiger partial charge in [-0.25, -0.2) is 9.59 Å². The third kappa shape index (κ3) is 8.31. The number of ether oxygens (including phenoxy) is 2. The molecule has 0 aliphatic heterocycles. The summed E-state index contributed by atoms with van der Waals surface area (Å²) in [7, 11) is 0. The first-order valence-electron chi connectivity index (χ1n) is 24.8. The Balaban J connectivity index is 1.09. The summed E-state index contributed by atoms with van der Waals surface area (Å²) in [5.41, 5.74) is 16.5. The van der Waals surface area contributed by atoms with Gasteiger partial charge in [0.25, 0.3) is 0 Å². The van der Waals surface area contributed by atoms with Gasteiger partial charge in [0.2, 0.25) is 0 Å². The molecule has 5 heteroatoms. The summed E-state index contributed by atoms with van der Waals surface area (Å²) < 4.78 is 12.0. The highest BCUT2D eigenvalue weighted by molar-refractivity contribution is 9.10. The molecule has 0 saturated carbocycles. The van der Waals surface area contributed by atoms with Crippen molar-refractivity contribution >= 4 is 60.2 Å². The van der Waals surface area contributed by atoms with Gasteiger partial charge in [0, 0.05) is 27.5 Å². The van der Waals surface area contributed by atoms with Crippen molar-refractivity contribution in [2.75, 3.05) is 13.2 Å². The summed E-state index contributed by atoms with van der Waals surface area (Å²) in [5.74, 6) is -0.755. The lowest BCUT2D eigenvalue weighted by Gasteiger charge is -2.33. The summed E-state index contributed by atoms with van der Waals surface area (Å²) in [6.45, 7) is 19.5. The number of benzene rings is 8.